The van der Waals surface area contributed by atoms with Crippen LogP contribution in [0.3, 0.4) is 0 Å². The zero-order chi connectivity index (χ0) is 15.1. The van der Waals surface area contributed by atoms with Crippen molar-refractivity contribution in [3.8, 4) is 11.5 Å². The summed E-state index contributed by atoms with van der Waals surface area (Å²) in [6, 6.07) is 10.9. The molecule has 0 bridgehead atoms. The van der Waals surface area contributed by atoms with Crippen LogP contribution in [0.5, 0.6) is 11.5 Å². The van der Waals surface area contributed by atoms with Gasteiger partial charge in [-0.1, -0.05) is 23.7 Å². The minimum atomic E-state index is -0.416. The van der Waals surface area contributed by atoms with Crippen LogP contribution in [0.2, 0.25) is 5.02 Å². The van der Waals surface area contributed by atoms with E-state index < -0.39 is 5.92 Å². The Kier molecular flexibility index (Phi) is 3.28. The molecule has 0 fully saturated rings. The van der Waals surface area contributed by atoms with Gasteiger partial charge in [0, 0.05) is 16.1 Å². The summed E-state index contributed by atoms with van der Waals surface area (Å²) in [4.78, 5) is 12.8. The van der Waals surface area contributed by atoms with Crippen molar-refractivity contribution in [3.05, 3.63) is 58.1 Å². The summed E-state index contributed by atoms with van der Waals surface area (Å²) in [5.74, 6) is 0.933. The van der Waals surface area contributed by atoms with Gasteiger partial charge in [0.2, 0.25) is 0 Å². The van der Waals surface area contributed by atoms with Crippen molar-refractivity contribution in [2.24, 2.45) is 0 Å². The van der Waals surface area contributed by atoms with Crippen LogP contribution in [0.4, 0.5) is 0 Å². The topological polar surface area (TPSA) is 44.8 Å². The SMILES string of the molecule is O=C1c2ccccc2OC[C@H]1c1cc(Cl)cc2c1OCOC2. The van der Waals surface area contributed by atoms with Gasteiger partial charge in [0.15, 0.2) is 12.6 Å². The molecule has 2 aliphatic rings. The Hall–Kier alpha value is -2.04. The van der Waals surface area contributed by atoms with E-state index in [1.807, 2.05) is 18.2 Å². The van der Waals surface area contributed by atoms with Crippen LogP contribution in [-0.4, -0.2) is 19.2 Å². The molecule has 1 atom stereocenters. The second kappa shape index (κ2) is 5.30. The molecule has 0 saturated heterocycles. The van der Waals surface area contributed by atoms with E-state index in [0.717, 1.165) is 11.1 Å². The van der Waals surface area contributed by atoms with Crippen LogP contribution >= 0.6 is 11.6 Å². The molecule has 4 nitrogen and oxygen atoms in total. The number of ketones is 1. The summed E-state index contributed by atoms with van der Waals surface area (Å²) < 4.78 is 16.6. The minimum absolute atomic E-state index is 0.0291. The summed E-state index contributed by atoms with van der Waals surface area (Å²) in [5.41, 5.74) is 2.23. The number of hydrogen-bond donors (Lipinski definition) is 0. The molecule has 2 aromatic rings. The quantitative estimate of drug-likeness (QED) is 0.807. The Balaban J connectivity index is 1.80. The van der Waals surface area contributed by atoms with E-state index in [1.165, 1.54) is 0 Å². The molecule has 0 aliphatic carbocycles. The number of carbonyl (C=O) groups excluding carboxylic acids is 1. The number of para-hydroxylation sites is 1. The maximum atomic E-state index is 12.8. The van der Waals surface area contributed by atoms with E-state index in [2.05, 4.69) is 0 Å². The molecule has 4 rings (SSSR count). The van der Waals surface area contributed by atoms with Gasteiger partial charge in [-0.2, -0.15) is 0 Å². The van der Waals surface area contributed by atoms with Gasteiger partial charge in [0.05, 0.1) is 18.1 Å². The van der Waals surface area contributed by atoms with Gasteiger partial charge in [-0.3, -0.25) is 4.79 Å². The standard InChI is InChI=1S/C17H13ClO4/c18-11-5-10-7-20-9-22-17(10)13(6-11)14-8-21-15-4-2-1-3-12(15)16(14)19/h1-6,14H,7-9H2/t14-/m0/s1. The van der Waals surface area contributed by atoms with Crippen LogP contribution in [0.25, 0.3) is 0 Å². The number of halogens is 1. The highest BCUT2D eigenvalue weighted by Gasteiger charge is 2.33. The molecule has 0 N–H and O–H groups in total. The van der Waals surface area contributed by atoms with Crippen molar-refractivity contribution in [2.45, 2.75) is 12.5 Å². The predicted octanol–water partition coefficient (Wildman–Crippen LogP) is 3.57. The molecule has 0 amide bonds. The molecule has 0 spiro atoms. The van der Waals surface area contributed by atoms with Gasteiger partial charge in [-0.05, 0) is 24.3 Å². The lowest BCUT2D eigenvalue weighted by atomic mass is 9.87. The molecule has 112 valence electrons. The third-order valence-corrected chi connectivity index (χ3v) is 4.17. The Bertz CT molecular complexity index is 756. The summed E-state index contributed by atoms with van der Waals surface area (Å²) in [7, 11) is 0. The summed E-state index contributed by atoms with van der Waals surface area (Å²) in [6.07, 6.45) is 0. The number of ether oxygens (including phenoxy) is 3. The number of fused-ring (bicyclic) bond motifs is 2. The minimum Gasteiger partial charge on any atom is -0.492 e. The highest BCUT2D eigenvalue weighted by Crippen LogP contribution is 2.40. The van der Waals surface area contributed by atoms with Gasteiger partial charge in [-0.15, -0.1) is 0 Å². The van der Waals surface area contributed by atoms with Gasteiger partial charge in [0.1, 0.15) is 18.1 Å². The zero-order valence-corrected chi connectivity index (χ0v) is 12.4. The van der Waals surface area contributed by atoms with Crippen molar-refractivity contribution in [2.75, 3.05) is 13.4 Å². The molecule has 5 heteroatoms. The maximum Gasteiger partial charge on any atom is 0.189 e. The summed E-state index contributed by atoms with van der Waals surface area (Å²) in [5, 5.41) is 0.564. The van der Waals surface area contributed by atoms with Crippen molar-refractivity contribution in [1.29, 1.82) is 0 Å². The lowest BCUT2D eigenvalue weighted by Crippen LogP contribution is -2.27. The van der Waals surface area contributed by atoms with Crippen molar-refractivity contribution in [3.63, 3.8) is 0 Å². The Morgan fingerprint density at radius 3 is 2.91 bits per heavy atom. The van der Waals surface area contributed by atoms with E-state index in [4.69, 9.17) is 25.8 Å². The highest BCUT2D eigenvalue weighted by molar-refractivity contribution is 6.30. The molecular formula is C17H13ClO4. The van der Waals surface area contributed by atoms with Crippen LogP contribution in [-0.2, 0) is 11.3 Å². The molecule has 22 heavy (non-hydrogen) atoms. The van der Waals surface area contributed by atoms with Crippen LogP contribution < -0.4 is 9.47 Å². The largest absolute Gasteiger partial charge is 0.492 e. The predicted molar refractivity (Wildman–Crippen MR) is 80.7 cm³/mol. The lowest BCUT2D eigenvalue weighted by molar-refractivity contribution is -0.0174. The smallest absolute Gasteiger partial charge is 0.189 e. The first-order valence-corrected chi connectivity index (χ1v) is 7.41. The van der Waals surface area contributed by atoms with E-state index in [9.17, 15) is 4.79 Å². The highest BCUT2D eigenvalue weighted by atomic mass is 35.5. The van der Waals surface area contributed by atoms with E-state index in [1.54, 1.807) is 18.2 Å². The third kappa shape index (κ3) is 2.16. The van der Waals surface area contributed by atoms with E-state index >= 15 is 0 Å². The lowest BCUT2D eigenvalue weighted by Gasteiger charge is -2.28. The van der Waals surface area contributed by atoms with Gasteiger partial charge in [-0.25, -0.2) is 0 Å². The van der Waals surface area contributed by atoms with Gasteiger partial charge >= 0.3 is 0 Å². The van der Waals surface area contributed by atoms with E-state index in [0.29, 0.717) is 28.7 Å². The molecule has 0 radical (unpaired) electrons. The molecule has 0 saturated carbocycles. The summed E-state index contributed by atoms with van der Waals surface area (Å²) in [6.45, 7) is 0.897. The third-order valence-electron chi connectivity index (χ3n) is 3.95. The maximum absolute atomic E-state index is 12.8. The number of rotatable bonds is 1. The Labute approximate surface area is 132 Å². The van der Waals surface area contributed by atoms with Crippen LogP contribution in [0, 0.1) is 0 Å². The number of Topliss-reactive ketones (excluding diaryl/α,β-unsaturated/α-hetero) is 1. The average molecular weight is 317 g/mol. The van der Waals surface area contributed by atoms with Crippen molar-refractivity contribution in [1.82, 2.24) is 0 Å². The Morgan fingerprint density at radius 2 is 2.00 bits per heavy atom. The Morgan fingerprint density at radius 1 is 1.14 bits per heavy atom. The number of hydrogen-bond acceptors (Lipinski definition) is 4. The van der Waals surface area contributed by atoms with Crippen molar-refractivity contribution >= 4 is 17.4 Å². The van der Waals surface area contributed by atoms with Gasteiger partial charge in [0.25, 0.3) is 0 Å². The second-order valence-corrected chi connectivity index (χ2v) is 5.75. The van der Waals surface area contributed by atoms with Crippen LogP contribution in [0.15, 0.2) is 36.4 Å². The molecule has 0 aromatic heterocycles. The first-order chi connectivity index (χ1) is 10.7. The second-order valence-electron chi connectivity index (χ2n) is 5.32. The molecular weight excluding hydrogens is 304 g/mol. The van der Waals surface area contributed by atoms with Gasteiger partial charge < -0.3 is 14.2 Å². The monoisotopic (exact) mass is 316 g/mol. The number of benzene rings is 2. The molecule has 2 aliphatic heterocycles. The first kappa shape index (κ1) is 13.6. The normalized spacial score (nSPS) is 19.7. The molecule has 2 aromatic carbocycles. The molecule has 0 unspecified atom stereocenters. The molecule has 2 heterocycles. The fourth-order valence-corrected chi connectivity index (χ4v) is 3.18. The first-order valence-electron chi connectivity index (χ1n) is 7.03. The fraction of sp³-hybridized carbons (Fsp3) is 0.235. The summed E-state index contributed by atoms with van der Waals surface area (Å²) >= 11 is 6.19. The van der Waals surface area contributed by atoms with Crippen LogP contribution in [0.1, 0.15) is 27.4 Å². The van der Waals surface area contributed by atoms with Crippen molar-refractivity contribution < 1.29 is 19.0 Å². The zero-order valence-electron chi connectivity index (χ0n) is 11.7. The average Bonchev–Trinajstić information content (AvgIpc) is 2.55. The number of carbonyl (C=O) groups is 1. The van der Waals surface area contributed by atoms with E-state index in [-0.39, 0.29) is 19.2 Å². The fourth-order valence-electron chi connectivity index (χ4n) is 2.93.